The summed E-state index contributed by atoms with van der Waals surface area (Å²) in [5.74, 6) is -0.439. The number of aliphatic hydroxyl groups is 1. The highest BCUT2D eigenvalue weighted by atomic mass is 79.9. The SMILES string of the molecule is CNC(C)C(=O)N[C@H]1CN(C(=O)c2ccc(C(C)O)cc2)c2ccccc2N(Cc2c(OC)ccc3cc(Br)ccc23)C1=O.Cl. The first-order chi connectivity index (χ1) is 21.1. The highest BCUT2D eigenvalue weighted by Crippen LogP contribution is 2.38. The number of rotatable bonds is 8. The number of ether oxygens (including phenoxy) is 1. The Morgan fingerprint density at radius 2 is 1.71 bits per heavy atom. The summed E-state index contributed by atoms with van der Waals surface area (Å²) in [4.78, 5) is 44.8. The molecule has 9 nitrogen and oxygen atoms in total. The van der Waals surface area contributed by atoms with Crippen molar-refractivity contribution in [2.75, 3.05) is 30.5 Å². The smallest absolute Gasteiger partial charge is 0.258 e. The Morgan fingerprint density at radius 1 is 1.02 bits per heavy atom. The predicted octanol–water partition coefficient (Wildman–Crippen LogP) is 5.37. The van der Waals surface area contributed by atoms with Gasteiger partial charge in [0, 0.05) is 15.6 Å². The summed E-state index contributed by atoms with van der Waals surface area (Å²) in [6.07, 6.45) is -0.676. The monoisotopic (exact) mass is 694 g/mol. The number of nitrogens with one attached hydrogen (secondary N) is 2. The molecule has 3 atom stereocenters. The molecule has 0 aliphatic carbocycles. The number of carbonyl (C=O) groups is 3. The number of aliphatic hydroxyl groups excluding tert-OH is 1. The van der Waals surface area contributed by atoms with Crippen molar-refractivity contribution >= 4 is 68.2 Å². The predicted molar refractivity (Wildman–Crippen MR) is 182 cm³/mol. The maximum Gasteiger partial charge on any atom is 0.258 e. The third-order valence-corrected chi connectivity index (χ3v) is 8.50. The maximum atomic E-state index is 14.4. The lowest BCUT2D eigenvalue weighted by Crippen LogP contribution is -2.55. The number of benzene rings is 4. The van der Waals surface area contributed by atoms with Gasteiger partial charge in [-0.1, -0.05) is 52.3 Å². The number of likely N-dealkylation sites (N-methyl/N-ethyl adjacent to an activating group) is 1. The molecule has 3 N–H and O–H groups in total. The Hall–Kier alpha value is -3.96. The average Bonchev–Trinajstić information content (AvgIpc) is 3.14. The van der Waals surface area contributed by atoms with E-state index in [0.717, 1.165) is 20.8 Å². The number of nitrogens with zero attached hydrogens (tertiary/aromatic N) is 2. The van der Waals surface area contributed by atoms with Crippen LogP contribution in [0.1, 0.15) is 41.4 Å². The molecule has 0 saturated heterocycles. The largest absolute Gasteiger partial charge is 0.496 e. The van der Waals surface area contributed by atoms with Gasteiger partial charge in [0.2, 0.25) is 5.91 Å². The molecular weight excluding hydrogens is 660 g/mol. The molecular formula is C34H36BrClN4O5. The lowest BCUT2D eigenvalue weighted by atomic mass is 10.0. The van der Waals surface area contributed by atoms with Gasteiger partial charge in [0.05, 0.1) is 43.7 Å². The van der Waals surface area contributed by atoms with Gasteiger partial charge in [-0.05, 0) is 79.7 Å². The molecule has 0 bridgehead atoms. The lowest BCUT2D eigenvalue weighted by molar-refractivity contribution is -0.128. The second kappa shape index (κ2) is 14.4. The molecule has 3 amide bonds. The van der Waals surface area contributed by atoms with E-state index in [1.165, 1.54) is 4.90 Å². The highest BCUT2D eigenvalue weighted by Gasteiger charge is 2.38. The first kappa shape index (κ1) is 33.9. The first-order valence-corrected chi connectivity index (χ1v) is 15.1. The van der Waals surface area contributed by atoms with Crippen LogP contribution in [-0.2, 0) is 16.1 Å². The van der Waals surface area contributed by atoms with E-state index in [1.54, 1.807) is 69.3 Å². The standard InChI is InChI=1S/C34H35BrN4O5.ClH/c1-20(36-3)32(41)37-28-19-39(33(42)23-11-9-22(10-12-23)21(2)40)30-8-6-5-7-29(30)38(34(28)43)18-27-26-15-14-25(35)17-24(26)13-16-31(27)44-4;/h5-17,20-21,28,36,40H,18-19H2,1-4H3,(H,37,41);1H/t20?,21?,28-;/m0./s1. The number of fused-ring (bicyclic) bond motifs is 2. The molecule has 0 saturated carbocycles. The summed E-state index contributed by atoms with van der Waals surface area (Å²) in [5.41, 5.74) is 2.93. The van der Waals surface area contributed by atoms with Gasteiger partial charge in [0.1, 0.15) is 11.8 Å². The number of halogens is 2. The molecule has 11 heteroatoms. The number of amides is 3. The second-order valence-electron chi connectivity index (χ2n) is 10.8. The number of anilines is 2. The molecule has 2 unspecified atom stereocenters. The van der Waals surface area contributed by atoms with Crippen LogP contribution in [0.2, 0.25) is 0 Å². The molecule has 4 aromatic rings. The Bertz CT molecular complexity index is 1720. The molecule has 0 spiro atoms. The molecule has 0 radical (unpaired) electrons. The molecule has 236 valence electrons. The van der Waals surface area contributed by atoms with E-state index in [4.69, 9.17) is 4.74 Å². The van der Waals surface area contributed by atoms with Gasteiger partial charge in [0.25, 0.3) is 11.8 Å². The Morgan fingerprint density at radius 3 is 2.36 bits per heavy atom. The van der Waals surface area contributed by atoms with E-state index in [0.29, 0.717) is 28.3 Å². The molecule has 45 heavy (non-hydrogen) atoms. The van der Waals surface area contributed by atoms with Crippen LogP contribution in [0, 0.1) is 0 Å². The molecule has 5 rings (SSSR count). The first-order valence-electron chi connectivity index (χ1n) is 14.4. The van der Waals surface area contributed by atoms with Crippen molar-refractivity contribution in [2.24, 2.45) is 0 Å². The van der Waals surface area contributed by atoms with Crippen molar-refractivity contribution in [1.82, 2.24) is 10.6 Å². The third-order valence-electron chi connectivity index (χ3n) is 8.01. The fraction of sp³-hybridized carbons (Fsp3) is 0.265. The van der Waals surface area contributed by atoms with Crippen molar-refractivity contribution in [3.63, 3.8) is 0 Å². The molecule has 1 aliphatic rings. The summed E-state index contributed by atoms with van der Waals surface area (Å²) < 4.78 is 6.68. The summed E-state index contributed by atoms with van der Waals surface area (Å²) in [7, 11) is 3.26. The van der Waals surface area contributed by atoms with Crippen molar-refractivity contribution in [2.45, 2.75) is 38.6 Å². The van der Waals surface area contributed by atoms with Gasteiger partial charge in [-0.3, -0.25) is 14.4 Å². The number of methoxy groups -OCH3 is 1. The van der Waals surface area contributed by atoms with Crippen LogP contribution in [0.25, 0.3) is 10.8 Å². The van der Waals surface area contributed by atoms with Crippen LogP contribution in [-0.4, -0.2) is 55.6 Å². The van der Waals surface area contributed by atoms with E-state index < -0.39 is 18.2 Å². The summed E-state index contributed by atoms with van der Waals surface area (Å²) >= 11 is 3.54. The molecule has 0 fully saturated rings. The van der Waals surface area contributed by atoms with Crippen molar-refractivity contribution < 1.29 is 24.2 Å². The molecule has 1 heterocycles. The zero-order valence-electron chi connectivity index (χ0n) is 25.4. The summed E-state index contributed by atoms with van der Waals surface area (Å²) in [5, 5.41) is 17.6. The Kier molecular flexibility index (Phi) is 10.9. The highest BCUT2D eigenvalue weighted by molar-refractivity contribution is 9.10. The van der Waals surface area contributed by atoms with Crippen LogP contribution in [0.3, 0.4) is 0 Å². The lowest BCUT2D eigenvalue weighted by Gasteiger charge is -2.27. The quantitative estimate of drug-likeness (QED) is 0.229. The van der Waals surface area contributed by atoms with Crippen LogP contribution >= 0.6 is 28.3 Å². The fourth-order valence-corrected chi connectivity index (χ4v) is 5.77. The van der Waals surface area contributed by atoms with Crippen LogP contribution in [0.5, 0.6) is 5.75 Å². The number of carbonyl (C=O) groups excluding carboxylic acids is 3. The number of para-hydroxylation sites is 2. The zero-order chi connectivity index (χ0) is 31.5. The van der Waals surface area contributed by atoms with Crippen LogP contribution < -0.4 is 25.2 Å². The minimum atomic E-state index is -1.04. The fourth-order valence-electron chi connectivity index (χ4n) is 5.39. The van der Waals surface area contributed by atoms with Gasteiger partial charge >= 0.3 is 0 Å². The van der Waals surface area contributed by atoms with Gasteiger partial charge in [-0.25, -0.2) is 0 Å². The topological polar surface area (TPSA) is 111 Å². The Balaban J connectivity index is 0.00000461. The Labute approximate surface area is 277 Å². The molecule has 0 aromatic heterocycles. The van der Waals surface area contributed by atoms with Crippen molar-refractivity contribution in [3.8, 4) is 5.75 Å². The summed E-state index contributed by atoms with van der Waals surface area (Å²) in [6.45, 7) is 3.42. The van der Waals surface area contributed by atoms with Gasteiger partial charge in [0.15, 0.2) is 0 Å². The van der Waals surface area contributed by atoms with Gasteiger partial charge in [-0.2, -0.15) is 0 Å². The van der Waals surface area contributed by atoms with E-state index in [9.17, 15) is 19.5 Å². The average molecular weight is 696 g/mol. The number of hydrogen-bond donors (Lipinski definition) is 3. The minimum Gasteiger partial charge on any atom is -0.496 e. The summed E-state index contributed by atoms with van der Waals surface area (Å²) in [6, 6.07) is 22.1. The van der Waals surface area contributed by atoms with Gasteiger partial charge in [-0.15, -0.1) is 12.4 Å². The second-order valence-corrected chi connectivity index (χ2v) is 11.7. The minimum absolute atomic E-state index is 0. The van der Waals surface area contributed by atoms with E-state index in [-0.39, 0.29) is 43.2 Å². The van der Waals surface area contributed by atoms with Gasteiger partial charge < -0.3 is 30.3 Å². The van der Waals surface area contributed by atoms with E-state index >= 15 is 0 Å². The normalized spacial score (nSPS) is 15.9. The van der Waals surface area contributed by atoms with Crippen LogP contribution in [0.15, 0.2) is 83.3 Å². The van der Waals surface area contributed by atoms with E-state index in [1.807, 2.05) is 42.5 Å². The van der Waals surface area contributed by atoms with Crippen molar-refractivity contribution in [3.05, 3.63) is 100 Å². The molecule has 4 aromatic carbocycles. The maximum absolute atomic E-state index is 14.4. The third kappa shape index (κ3) is 6.99. The molecule has 1 aliphatic heterocycles. The van der Waals surface area contributed by atoms with E-state index in [2.05, 4.69) is 26.6 Å². The van der Waals surface area contributed by atoms with Crippen LogP contribution in [0.4, 0.5) is 11.4 Å². The zero-order valence-corrected chi connectivity index (χ0v) is 27.8. The number of hydrogen-bond acceptors (Lipinski definition) is 6. The van der Waals surface area contributed by atoms with Crippen molar-refractivity contribution in [1.29, 1.82) is 0 Å².